The van der Waals surface area contributed by atoms with Crippen LogP contribution in [0.25, 0.3) is 0 Å². The van der Waals surface area contributed by atoms with Crippen molar-refractivity contribution in [3.8, 4) is 5.75 Å². The van der Waals surface area contributed by atoms with Gasteiger partial charge in [-0.15, -0.1) is 0 Å². The van der Waals surface area contributed by atoms with Crippen LogP contribution in [0.4, 0.5) is 0 Å². The van der Waals surface area contributed by atoms with Gasteiger partial charge in [0.1, 0.15) is 12.4 Å². The summed E-state index contributed by atoms with van der Waals surface area (Å²) in [5.41, 5.74) is 0.854. The van der Waals surface area contributed by atoms with Crippen LogP contribution in [0.3, 0.4) is 0 Å². The predicted octanol–water partition coefficient (Wildman–Crippen LogP) is 2.53. The molecule has 0 amide bonds. The topological polar surface area (TPSA) is 18.5 Å². The molecule has 62 valence electrons. The lowest BCUT2D eigenvalue weighted by Gasteiger charge is -2.18. The molecule has 0 radical (unpaired) electrons. The first kappa shape index (κ1) is 7.83. The summed E-state index contributed by atoms with van der Waals surface area (Å²) in [6.07, 6.45) is 0. The third-order valence-corrected chi connectivity index (χ3v) is 2.16. The minimum atomic E-state index is 0.157. The maximum absolute atomic E-state index is 5.89. The zero-order chi connectivity index (χ0) is 8.55. The molecule has 2 rings (SSSR count). The van der Waals surface area contributed by atoms with Crippen molar-refractivity contribution >= 4 is 29.1 Å². The van der Waals surface area contributed by atoms with Crippen LogP contribution in [-0.2, 0) is 11.3 Å². The van der Waals surface area contributed by atoms with Gasteiger partial charge in [-0.05, 0) is 12.1 Å². The molecule has 1 heterocycles. The van der Waals surface area contributed by atoms with E-state index in [0.717, 1.165) is 5.56 Å². The molecule has 0 unspecified atom stereocenters. The Balaban J connectivity index is 2.48. The van der Waals surface area contributed by atoms with Crippen molar-refractivity contribution in [1.29, 1.82) is 0 Å². The van der Waals surface area contributed by atoms with Crippen molar-refractivity contribution in [2.24, 2.45) is 0 Å². The van der Waals surface area contributed by atoms with Crippen molar-refractivity contribution in [3.05, 3.63) is 28.8 Å². The van der Waals surface area contributed by atoms with E-state index in [-0.39, 0.29) is 5.24 Å². The smallest absolute Gasteiger partial charge is 0.358 e. The van der Waals surface area contributed by atoms with Gasteiger partial charge >= 0.3 is 5.24 Å². The van der Waals surface area contributed by atoms with Crippen LogP contribution in [0.2, 0.25) is 5.02 Å². The zero-order valence-electron chi connectivity index (χ0n) is 6.04. The van der Waals surface area contributed by atoms with Crippen molar-refractivity contribution in [1.82, 2.24) is 0 Å². The summed E-state index contributed by atoms with van der Waals surface area (Å²) < 4.78 is 10.1. The van der Waals surface area contributed by atoms with Gasteiger partial charge in [-0.2, -0.15) is 0 Å². The fraction of sp³-hybridized carbons (Fsp3) is 0.125. The number of benzene rings is 1. The fourth-order valence-corrected chi connectivity index (χ4v) is 1.39. The third-order valence-electron chi connectivity index (χ3n) is 1.60. The van der Waals surface area contributed by atoms with Crippen molar-refractivity contribution < 1.29 is 9.47 Å². The number of rotatable bonds is 0. The molecule has 0 N–H and O–H groups in total. The van der Waals surface area contributed by atoms with Crippen molar-refractivity contribution in [3.63, 3.8) is 0 Å². The Labute approximate surface area is 80.0 Å². The molecule has 0 fully saturated rings. The molecule has 0 spiro atoms. The molecular weight excluding hydrogens is 196 g/mol. The number of fused-ring (bicyclic) bond motifs is 1. The molecule has 0 aromatic heterocycles. The molecule has 4 heteroatoms. The van der Waals surface area contributed by atoms with Crippen LogP contribution in [0.5, 0.6) is 5.75 Å². The van der Waals surface area contributed by atoms with Crippen LogP contribution in [-0.4, -0.2) is 5.24 Å². The third kappa shape index (κ3) is 1.26. The summed E-state index contributed by atoms with van der Waals surface area (Å²) in [6.45, 7) is 0.397. The van der Waals surface area contributed by atoms with E-state index >= 15 is 0 Å². The van der Waals surface area contributed by atoms with Gasteiger partial charge < -0.3 is 9.47 Å². The van der Waals surface area contributed by atoms with E-state index in [9.17, 15) is 0 Å². The highest BCUT2D eigenvalue weighted by Gasteiger charge is 2.17. The predicted molar refractivity (Wildman–Crippen MR) is 49.5 cm³/mol. The molecule has 12 heavy (non-hydrogen) atoms. The maximum Gasteiger partial charge on any atom is 0.358 e. The van der Waals surface area contributed by atoms with E-state index in [2.05, 4.69) is 0 Å². The first-order valence-corrected chi connectivity index (χ1v) is 4.18. The van der Waals surface area contributed by atoms with Gasteiger partial charge in [0.05, 0.1) is 10.6 Å². The number of thiocarbonyl (C=S) groups is 1. The van der Waals surface area contributed by atoms with Crippen molar-refractivity contribution in [2.45, 2.75) is 6.61 Å². The molecule has 0 saturated heterocycles. The van der Waals surface area contributed by atoms with E-state index in [4.69, 9.17) is 33.3 Å². The molecule has 1 aromatic carbocycles. The second-order valence-corrected chi connectivity index (χ2v) is 3.10. The minimum absolute atomic E-state index is 0.157. The monoisotopic (exact) mass is 200 g/mol. The normalized spacial score (nSPS) is 14.6. The van der Waals surface area contributed by atoms with Gasteiger partial charge in [0.15, 0.2) is 0 Å². The summed E-state index contributed by atoms with van der Waals surface area (Å²) in [4.78, 5) is 0. The van der Waals surface area contributed by atoms with Crippen LogP contribution < -0.4 is 4.74 Å². The van der Waals surface area contributed by atoms with Gasteiger partial charge in [0, 0.05) is 12.2 Å². The Morgan fingerprint density at radius 1 is 1.42 bits per heavy atom. The second kappa shape index (κ2) is 2.92. The Morgan fingerprint density at radius 2 is 2.25 bits per heavy atom. The van der Waals surface area contributed by atoms with Crippen LogP contribution in [0, 0.1) is 0 Å². The van der Waals surface area contributed by atoms with Gasteiger partial charge in [0.2, 0.25) is 0 Å². The number of halogens is 1. The lowest BCUT2D eigenvalue weighted by atomic mass is 10.2. The highest BCUT2D eigenvalue weighted by molar-refractivity contribution is 7.79. The number of hydrogen-bond acceptors (Lipinski definition) is 3. The Kier molecular flexibility index (Phi) is 1.90. The minimum Gasteiger partial charge on any atom is -0.452 e. The van der Waals surface area contributed by atoms with Crippen molar-refractivity contribution in [2.75, 3.05) is 0 Å². The zero-order valence-corrected chi connectivity index (χ0v) is 7.61. The standard InChI is InChI=1S/C8H5ClO2S/c9-6-2-1-3-7-5(6)4-10-8(12)11-7/h1-3H,4H2. The first-order valence-electron chi connectivity index (χ1n) is 3.39. The first-order chi connectivity index (χ1) is 5.77. The van der Waals surface area contributed by atoms with E-state index in [1.807, 2.05) is 12.1 Å². The largest absolute Gasteiger partial charge is 0.452 e. The van der Waals surface area contributed by atoms with Gasteiger partial charge in [-0.3, -0.25) is 0 Å². The number of hydrogen-bond donors (Lipinski definition) is 0. The van der Waals surface area contributed by atoms with E-state index in [1.165, 1.54) is 0 Å². The summed E-state index contributed by atoms with van der Waals surface area (Å²) in [5, 5.41) is 0.805. The average molecular weight is 201 g/mol. The van der Waals surface area contributed by atoms with E-state index in [0.29, 0.717) is 17.4 Å². The molecule has 1 aliphatic heterocycles. The highest BCUT2D eigenvalue weighted by atomic mass is 35.5. The van der Waals surface area contributed by atoms with Gasteiger partial charge in [0.25, 0.3) is 0 Å². The molecule has 0 aliphatic carbocycles. The van der Waals surface area contributed by atoms with Gasteiger partial charge in [-0.1, -0.05) is 17.7 Å². The molecule has 0 saturated carbocycles. The molecule has 1 aliphatic rings. The summed E-state index contributed by atoms with van der Waals surface area (Å²) in [7, 11) is 0. The van der Waals surface area contributed by atoms with Crippen LogP contribution >= 0.6 is 23.8 Å². The Bertz CT molecular complexity index is 338. The Morgan fingerprint density at radius 3 is 3.08 bits per heavy atom. The summed E-state index contributed by atoms with van der Waals surface area (Å²) >= 11 is 10.6. The lowest BCUT2D eigenvalue weighted by Crippen LogP contribution is -2.16. The number of ether oxygens (including phenoxy) is 2. The molecule has 2 nitrogen and oxygen atoms in total. The average Bonchev–Trinajstić information content (AvgIpc) is 2.04. The maximum atomic E-state index is 5.89. The van der Waals surface area contributed by atoms with E-state index < -0.39 is 0 Å². The summed E-state index contributed by atoms with van der Waals surface area (Å²) in [5.74, 6) is 0.693. The second-order valence-electron chi connectivity index (χ2n) is 2.36. The van der Waals surface area contributed by atoms with E-state index in [1.54, 1.807) is 6.07 Å². The quantitative estimate of drug-likeness (QED) is 0.600. The Hall–Kier alpha value is -0.800. The summed E-state index contributed by atoms with van der Waals surface area (Å²) in [6, 6.07) is 5.42. The van der Waals surface area contributed by atoms with Crippen LogP contribution in [0.1, 0.15) is 5.56 Å². The fourth-order valence-electron chi connectivity index (χ4n) is 1.02. The molecule has 0 bridgehead atoms. The van der Waals surface area contributed by atoms with Gasteiger partial charge in [-0.25, -0.2) is 0 Å². The highest BCUT2D eigenvalue weighted by Crippen LogP contribution is 2.30. The SMILES string of the molecule is S=C1OCc2c(Cl)cccc2O1. The molecule has 1 aromatic rings. The molecule has 0 atom stereocenters. The lowest BCUT2D eigenvalue weighted by molar-refractivity contribution is 0.210. The molecular formula is C8H5ClO2S. The van der Waals surface area contributed by atoms with Crippen LogP contribution in [0.15, 0.2) is 18.2 Å².